The van der Waals surface area contributed by atoms with Crippen molar-refractivity contribution in [3.63, 3.8) is 0 Å². The van der Waals surface area contributed by atoms with Crippen molar-refractivity contribution in [3.05, 3.63) is 16.6 Å². The molecule has 3 heteroatoms. The summed E-state index contributed by atoms with van der Waals surface area (Å²) in [6.07, 6.45) is 6.24. The van der Waals surface area contributed by atoms with Crippen molar-refractivity contribution < 1.29 is 0 Å². The first-order valence-corrected chi connectivity index (χ1v) is 7.51. The normalized spacial score (nSPS) is 38.8. The summed E-state index contributed by atoms with van der Waals surface area (Å²) in [6.45, 7) is 8.37. The molecule has 17 heavy (non-hydrogen) atoms. The molecule has 0 aliphatic heterocycles. The fraction of sp³-hybridized carbons (Fsp3) is 0.786. The average molecular weight is 250 g/mol. The number of thiazole rings is 1. The van der Waals surface area contributed by atoms with E-state index in [9.17, 15) is 0 Å². The van der Waals surface area contributed by atoms with Crippen molar-refractivity contribution >= 4 is 11.3 Å². The average Bonchev–Trinajstić information content (AvgIpc) is 2.90. The van der Waals surface area contributed by atoms with Gasteiger partial charge in [0, 0.05) is 23.7 Å². The summed E-state index contributed by atoms with van der Waals surface area (Å²) in [5, 5.41) is 3.82. The fourth-order valence-corrected chi connectivity index (χ4v) is 4.89. The van der Waals surface area contributed by atoms with Crippen LogP contribution in [0.1, 0.15) is 44.9 Å². The Hall–Kier alpha value is -0.410. The molecular weight excluding hydrogens is 228 g/mol. The molecule has 3 unspecified atom stereocenters. The third-order valence-corrected chi connectivity index (χ3v) is 6.01. The van der Waals surface area contributed by atoms with Gasteiger partial charge in [0.2, 0.25) is 0 Å². The predicted octanol–water partition coefficient (Wildman–Crippen LogP) is 3.45. The van der Waals surface area contributed by atoms with Crippen LogP contribution in [0.3, 0.4) is 0 Å². The maximum absolute atomic E-state index is 4.15. The number of fused-ring (bicyclic) bond motifs is 2. The SMILES string of the molecule is CC12CCC(C1)C(C)(C)C2NCc1cncs1. The van der Waals surface area contributed by atoms with Gasteiger partial charge >= 0.3 is 0 Å². The summed E-state index contributed by atoms with van der Waals surface area (Å²) in [7, 11) is 0. The number of rotatable bonds is 3. The van der Waals surface area contributed by atoms with Crippen molar-refractivity contribution in [2.75, 3.05) is 0 Å². The fourth-order valence-electron chi connectivity index (χ4n) is 4.34. The number of nitrogens with zero attached hydrogens (tertiary/aromatic N) is 1. The minimum Gasteiger partial charge on any atom is -0.308 e. The van der Waals surface area contributed by atoms with Gasteiger partial charge in [0.1, 0.15) is 0 Å². The molecule has 3 rings (SSSR count). The maximum Gasteiger partial charge on any atom is 0.0794 e. The molecule has 2 fully saturated rings. The monoisotopic (exact) mass is 250 g/mol. The van der Waals surface area contributed by atoms with Crippen LogP contribution in [0.4, 0.5) is 0 Å². The molecule has 0 saturated heterocycles. The standard InChI is InChI=1S/C14H22N2S/c1-13(2)10-4-5-14(3,6-10)12(13)16-8-11-7-15-9-17-11/h7,9-10,12,16H,4-6,8H2,1-3H3. The van der Waals surface area contributed by atoms with Crippen molar-refractivity contribution in [2.45, 2.75) is 52.6 Å². The first-order valence-electron chi connectivity index (χ1n) is 6.63. The van der Waals surface area contributed by atoms with Crippen molar-refractivity contribution in [1.82, 2.24) is 10.3 Å². The second kappa shape index (κ2) is 3.79. The van der Waals surface area contributed by atoms with Gasteiger partial charge in [-0.3, -0.25) is 4.98 Å². The minimum atomic E-state index is 0.456. The minimum absolute atomic E-state index is 0.456. The molecule has 0 radical (unpaired) electrons. The molecule has 1 aromatic heterocycles. The summed E-state index contributed by atoms with van der Waals surface area (Å²) in [5.41, 5.74) is 2.90. The lowest BCUT2D eigenvalue weighted by Crippen LogP contribution is -2.49. The lowest BCUT2D eigenvalue weighted by molar-refractivity contribution is 0.108. The van der Waals surface area contributed by atoms with Gasteiger partial charge in [-0.2, -0.15) is 0 Å². The highest BCUT2D eigenvalue weighted by Gasteiger charge is 2.58. The van der Waals surface area contributed by atoms with E-state index in [0.29, 0.717) is 16.9 Å². The molecule has 94 valence electrons. The molecule has 1 N–H and O–H groups in total. The number of aromatic nitrogens is 1. The number of hydrogen-bond acceptors (Lipinski definition) is 3. The van der Waals surface area contributed by atoms with Crippen molar-refractivity contribution in [3.8, 4) is 0 Å². The van der Waals surface area contributed by atoms with Crippen molar-refractivity contribution in [2.24, 2.45) is 16.7 Å². The Kier molecular flexibility index (Phi) is 2.60. The summed E-state index contributed by atoms with van der Waals surface area (Å²) >= 11 is 1.75. The van der Waals surface area contributed by atoms with Crippen LogP contribution >= 0.6 is 11.3 Å². The molecule has 1 heterocycles. The highest BCUT2D eigenvalue weighted by Crippen LogP contribution is 2.62. The van der Waals surface area contributed by atoms with Gasteiger partial charge in [0.05, 0.1) is 5.51 Å². The second-order valence-corrected chi connectivity index (χ2v) is 7.67. The molecular formula is C14H22N2S. The van der Waals surface area contributed by atoms with Crippen LogP contribution in [-0.2, 0) is 6.54 Å². The first kappa shape index (κ1) is 11.7. The zero-order valence-corrected chi connectivity index (χ0v) is 11.8. The molecule has 2 saturated carbocycles. The van der Waals surface area contributed by atoms with Gasteiger partial charge in [-0.25, -0.2) is 0 Å². The molecule has 0 aromatic carbocycles. The van der Waals surface area contributed by atoms with Crippen LogP contribution in [0.2, 0.25) is 0 Å². The molecule has 0 amide bonds. The Labute approximate surface area is 108 Å². The molecule has 2 nitrogen and oxygen atoms in total. The van der Waals surface area contributed by atoms with Gasteiger partial charge in [0.15, 0.2) is 0 Å². The highest BCUT2D eigenvalue weighted by atomic mass is 32.1. The Balaban J connectivity index is 1.74. The smallest absolute Gasteiger partial charge is 0.0794 e. The zero-order chi connectivity index (χ0) is 12.1. The van der Waals surface area contributed by atoms with E-state index < -0.39 is 0 Å². The van der Waals surface area contributed by atoms with Crippen LogP contribution in [0.15, 0.2) is 11.7 Å². The van der Waals surface area contributed by atoms with Gasteiger partial charge in [-0.1, -0.05) is 20.8 Å². The van der Waals surface area contributed by atoms with E-state index in [0.717, 1.165) is 12.5 Å². The highest BCUT2D eigenvalue weighted by molar-refractivity contribution is 7.09. The van der Waals surface area contributed by atoms with Gasteiger partial charge < -0.3 is 5.32 Å². The molecule has 3 atom stereocenters. The van der Waals surface area contributed by atoms with E-state index in [1.54, 1.807) is 11.3 Å². The Morgan fingerprint density at radius 2 is 2.29 bits per heavy atom. The zero-order valence-electron chi connectivity index (χ0n) is 11.0. The Morgan fingerprint density at radius 1 is 1.47 bits per heavy atom. The Bertz CT molecular complexity index is 394. The lowest BCUT2D eigenvalue weighted by atomic mass is 9.68. The quantitative estimate of drug-likeness (QED) is 0.889. The summed E-state index contributed by atoms with van der Waals surface area (Å²) in [6, 6.07) is 0.663. The molecule has 2 aliphatic carbocycles. The summed E-state index contributed by atoms with van der Waals surface area (Å²) in [4.78, 5) is 5.50. The van der Waals surface area contributed by atoms with Gasteiger partial charge in [0.25, 0.3) is 0 Å². The van der Waals surface area contributed by atoms with Gasteiger partial charge in [-0.15, -0.1) is 11.3 Å². The van der Waals surface area contributed by atoms with E-state index in [4.69, 9.17) is 0 Å². The molecule has 2 bridgehead atoms. The van der Waals surface area contributed by atoms with E-state index in [2.05, 4.69) is 31.1 Å². The van der Waals surface area contributed by atoms with Gasteiger partial charge in [-0.05, 0) is 36.0 Å². The summed E-state index contributed by atoms with van der Waals surface area (Å²) in [5.74, 6) is 0.923. The second-order valence-electron chi connectivity index (χ2n) is 6.70. The van der Waals surface area contributed by atoms with E-state index in [1.807, 2.05) is 11.7 Å². The van der Waals surface area contributed by atoms with Crippen molar-refractivity contribution in [1.29, 1.82) is 0 Å². The molecule has 0 spiro atoms. The van der Waals surface area contributed by atoms with Crippen LogP contribution in [0.5, 0.6) is 0 Å². The van der Waals surface area contributed by atoms with E-state index >= 15 is 0 Å². The molecule has 2 aliphatic rings. The van der Waals surface area contributed by atoms with Crippen LogP contribution in [0, 0.1) is 16.7 Å². The third-order valence-electron chi connectivity index (χ3n) is 5.23. The molecule has 1 aromatic rings. The van der Waals surface area contributed by atoms with Crippen LogP contribution < -0.4 is 5.32 Å². The predicted molar refractivity (Wildman–Crippen MR) is 72.0 cm³/mol. The first-order chi connectivity index (χ1) is 8.02. The number of nitrogens with one attached hydrogen (secondary N) is 1. The van der Waals surface area contributed by atoms with Crippen LogP contribution in [0.25, 0.3) is 0 Å². The van der Waals surface area contributed by atoms with Crippen LogP contribution in [-0.4, -0.2) is 11.0 Å². The lowest BCUT2D eigenvalue weighted by Gasteiger charge is -2.43. The van der Waals surface area contributed by atoms with E-state index in [-0.39, 0.29) is 0 Å². The maximum atomic E-state index is 4.15. The largest absolute Gasteiger partial charge is 0.308 e. The van der Waals surface area contributed by atoms with E-state index in [1.165, 1.54) is 24.1 Å². The summed E-state index contributed by atoms with van der Waals surface area (Å²) < 4.78 is 0. The Morgan fingerprint density at radius 3 is 2.88 bits per heavy atom. The number of hydrogen-bond donors (Lipinski definition) is 1. The third kappa shape index (κ3) is 1.75. The topological polar surface area (TPSA) is 24.9 Å².